The van der Waals surface area contributed by atoms with Gasteiger partial charge in [-0.05, 0) is 35.4 Å². The maximum atomic E-state index is 10.9. The van der Waals surface area contributed by atoms with Gasteiger partial charge in [-0.1, -0.05) is 11.6 Å². The van der Waals surface area contributed by atoms with Crippen LogP contribution in [0.2, 0.25) is 5.02 Å². The number of fused-ring (bicyclic) bond motifs is 1. The van der Waals surface area contributed by atoms with Gasteiger partial charge in [0.2, 0.25) is 0 Å². The fraction of sp³-hybridized carbons (Fsp3) is 0.100. The Hall–Kier alpha value is -1.06. The number of aromatic carboxylic acids is 1. The summed E-state index contributed by atoms with van der Waals surface area (Å²) in [7, 11) is 0. The first-order valence-electron chi connectivity index (χ1n) is 4.01. The standard InChI is InChI=1S/C10H7ClO2S/c1-5-6-2-3-14-9(6)7(10(12)13)4-8(5)11/h2-4H,1H3,(H,12,13). The van der Waals surface area contributed by atoms with Crippen molar-refractivity contribution >= 4 is 39.0 Å². The van der Waals surface area contributed by atoms with E-state index in [1.54, 1.807) is 0 Å². The Morgan fingerprint density at radius 3 is 2.93 bits per heavy atom. The fourth-order valence-electron chi connectivity index (χ4n) is 1.40. The van der Waals surface area contributed by atoms with Crippen molar-refractivity contribution in [2.75, 3.05) is 0 Å². The summed E-state index contributed by atoms with van der Waals surface area (Å²) in [4.78, 5) is 10.9. The monoisotopic (exact) mass is 226 g/mol. The van der Waals surface area contributed by atoms with Gasteiger partial charge in [0, 0.05) is 9.72 Å². The lowest BCUT2D eigenvalue weighted by molar-refractivity contribution is 0.0699. The van der Waals surface area contributed by atoms with Crippen LogP contribution in [0.1, 0.15) is 15.9 Å². The highest BCUT2D eigenvalue weighted by Crippen LogP contribution is 2.32. The lowest BCUT2D eigenvalue weighted by atomic mass is 10.1. The van der Waals surface area contributed by atoms with Crippen molar-refractivity contribution in [2.45, 2.75) is 6.92 Å². The number of hydrogen-bond donors (Lipinski definition) is 1. The predicted molar refractivity (Wildman–Crippen MR) is 58.5 cm³/mol. The maximum Gasteiger partial charge on any atom is 0.337 e. The third-order valence-electron chi connectivity index (χ3n) is 2.17. The second-order valence-electron chi connectivity index (χ2n) is 3.00. The van der Waals surface area contributed by atoms with Crippen molar-refractivity contribution in [3.05, 3.63) is 33.7 Å². The van der Waals surface area contributed by atoms with E-state index in [0.717, 1.165) is 15.6 Å². The summed E-state index contributed by atoms with van der Waals surface area (Å²) in [6, 6.07) is 3.41. The van der Waals surface area contributed by atoms with E-state index in [1.165, 1.54) is 17.4 Å². The lowest BCUT2D eigenvalue weighted by Crippen LogP contribution is -1.97. The van der Waals surface area contributed by atoms with Gasteiger partial charge in [-0.2, -0.15) is 0 Å². The Morgan fingerprint density at radius 2 is 2.29 bits per heavy atom. The molecule has 72 valence electrons. The summed E-state index contributed by atoms with van der Waals surface area (Å²) < 4.78 is 0.791. The summed E-state index contributed by atoms with van der Waals surface area (Å²) in [6.07, 6.45) is 0. The third-order valence-corrected chi connectivity index (χ3v) is 3.51. The van der Waals surface area contributed by atoms with Gasteiger partial charge in [0.25, 0.3) is 0 Å². The van der Waals surface area contributed by atoms with Crippen LogP contribution in [-0.4, -0.2) is 11.1 Å². The first-order chi connectivity index (χ1) is 6.61. The van der Waals surface area contributed by atoms with Crippen LogP contribution in [0.5, 0.6) is 0 Å². The molecule has 2 rings (SSSR count). The van der Waals surface area contributed by atoms with Crippen LogP contribution in [0, 0.1) is 6.92 Å². The molecule has 0 saturated carbocycles. The molecule has 0 aliphatic carbocycles. The second kappa shape index (κ2) is 3.26. The summed E-state index contributed by atoms with van der Waals surface area (Å²) >= 11 is 7.36. The molecule has 2 nitrogen and oxygen atoms in total. The molecule has 0 bridgehead atoms. The molecule has 0 unspecified atom stereocenters. The zero-order valence-electron chi connectivity index (χ0n) is 7.37. The Morgan fingerprint density at radius 1 is 1.57 bits per heavy atom. The number of hydrogen-bond acceptors (Lipinski definition) is 2. The number of thiophene rings is 1. The Bertz CT molecular complexity index is 516. The van der Waals surface area contributed by atoms with Gasteiger partial charge in [-0.25, -0.2) is 4.79 Å². The van der Waals surface area contributed by atoms with Crippen LogP contribution in [0.25, 0.3) is 10.1 Å². The summed E-state index contributed by atoms with van der Waals surface area (Å²) in [6.45, 7) is 1.89. The van der Waals surface area contributed by atoms with Gasteiger partial charge in [0.1, 0.15) is 0 Å². The number of carbonyl (C=O) groups is 1. The maximum absolute atomic E-state index is 10.9. The predicted octanol–water partition coefficient (Wildman–Crippen LogP) is 3.56. The van der Waals surface area contributed by atoms with E-state index < -0.39 is 5.97 Å². The van der Waals surface area contributed by atoms with Crippen LogP contribution >= 0.6 is 22.9 Å². The van der Waals surface area contributed by atoms with Crippen LogP contribution in [0.4, 0.5) is 0 Å². The Labute approximate surface area is 89.7 Å². The molecule has 1 aromatic heterocycles. The molecule has 0 aliphatic heterocycles. The number of halogens is 1. The highest BCUT2D eigenvalue weighted by atomic mass is 35.5. The molecule has 1 N–H and O–H groups in total. The van der Waals surface area contributed by atoms with Crippen molar-refractivity contribution < 1.29 is 9.90 Å². The van der Waals surface area contributed by atoms with E-state index >= 15 is 0 Å². The van der Waals surface area contributed by atoms with Crippen molar-refractivity contribution in [3.8, 4) is 0 Å². The Kier molecular flexibility index (Phi) is 2.21. The highest BCUT2D eigenvalue weighted by molar-refractivity contribution is 7.17. The first-order valence-corrected chi connectivity index (χ1v) is 5.26. The van der Waals surface area contributed by atoms with Crippen molar-refractivity contribution in [1.29, 1.82) is 0 Å². The minimum absolute atomic E-state index is 0.283. The fourth-order valence-corrected chi connectivity index (χ4v) is 2.57. The van der Waals surface area contributed by atoms with Crippen molar-refractivity contribution in [2.24, 2.45) is 0 Å². The quantitative estimate of drug-likeness (QED) is 0.807. The number of rotatable bonds is 1. The SMILES string of the molecule is Cc1c(Cl)cc(C(=O)O)c2sccc12. The van der Waals surface area contributed by atoms with Gasteiger partial charge >= 0.3 is 5.97 Å². The number of benzene rings is 1. The van der Waals surface area contributed by atoms with Crippen molar-refractivity contribution in [1.82, 2.24) is 0 Å². The summed E-state index contributed by atoms with van der Waals surface area (Å²) in [5.41, 5.74) is 1.22. The van der Waals surface area contributed by atoms with E-state index in [2.05, 4.69) is 0 Å². The normalized spacial score (nSPS) is 10.7. The van der Waals surface area contributed by atoms with Gasteiger partial charge < -0.3 is 5.11 Å². The van der Waals surface area contributed by atoms with E-state index in [1.807, 2.05) is 18.4 Å². The van der Waals surface area contributed by atoms with Gasteiger partial charge in [-0.15, -0.1) is 11.3 Å². The molecule has 0 radical (unpaired) electrons. The second-order valence-corrected chi connectivity index (χ2v) is 4.32. The first kappa shape index (κ1) is 9.49. The van der Waals surface area contributed by atoms with E-state index in [4.69, 9.17) is 16.7 Å². The number of carboxylic acid groups (broad SMARTS) is 1. The van der Waals surface area contributed by atoms with Gasteiger partial charge in [0.05, 0.1) is 5.56 Å². The molecule has 1 heterocycles. The topological polar surface area (TPSA) is 37.3 Å². The van der Waals surface area contributed by atoms with Crippen molar-refractivity contribution in [3.63, 3.8) is 0 Å². The molecule has 4 heteroatoms. The summed E-state index contributed by atoms with van der Waals surface area (Å²) in [5.74, 6) is -0.931. The molecule has 2 aromatic rings. The zero-order chi connectivity index (χ0) is 10.3. The van der Waals surface area contributed by atoms with E-state index in [0.29, 0.717) is 5.02 Å². The molecular weight excluding hydrogens is 220 g/mol. The molecular formula is C10H7ClO2S. The third kappa shape index (κ3) is 1.29. The van der Waals surface area contributed by atoms with Crippen LogP contribution < -0.4 is 0 Å². The molecule has 14 heavy (non-hydrogen) atoms. The number of aryl methyl sites for hydroxylation is 1. The van der Waals surface area contributed by atoms with Crippen LogP contribution in [0.15, 0.2) is 17.5 Å². The molecule has 0 aliphatic rings. The lowest BCUT2D eigenvalue weighted by Gasteiger charge is -2.03. The molecule has 1 aromatic carbocycles. The van der Waals surface area contributed by atoms with Crippen LogP contribution in [-0.2, 0) is 0 Å². The summed E-state index contributed by atoms with van der Waals surface area (Å²) in [5, 5.41) is 12.3. The smallest absolute Gasteiger partial charge is 0.337 e. The van der Waals surface area contributed by atoms with Crippen LogP contribution in [0.3, 0.4) is 0 Å². The molecule has 0 amide bonds. The molecule has 0 saturated heterocycles. The molecule has 0 spiro atoms. The van der Waals surface area contributed by atoms with Gasteiger partial charge in [-0.3, -0.25) is 0 Å². The minimum Gasteiger partial charge on any atom is -0.478 e. The average Bonchev–Trinajstić information content (AvgIpc) is 2.59. The average molecular weight is 227 g/mol. The van der Waals surface area contributed by atoms with Gasteiger partial charge in [0.15, 0.2) is 0 Å². The largest absolute Gasteiger partial charge is 0.478 e. The number of carboxylic acids is 1. The van der Waals surface area contributed by atoms with E-state index in [-0.39, 0.29) is 5.56 Å². The zero-order valence-corrected chi connectivity index (χ0v) is 8.95. The molecule has 0 fully saturated rings. The highest BCUT2D eigenvalue weighted by Gasteiger charge is 2.13. The molecule has 0 atom stereocenters. The van der Waals surface area contributed by atoms with E-state index in [9.17, 15) is 4.79 Å². The Balaban J connectivity index is 2.91. The minimum atomic E-state index is -0.931.